The fourth-order valence-corrected chi connectivity index (χ4v) is 2.78. The molecule has 0 spiro atoms. The van der Waals surface area contributed by atoms with Gasteiger partial charge in [0.2, 0.25) is 0 Å². The molecule has 0 saturated heterocycles. The Bertz CT molecular complexity index is 1020. The second kappa shape index (κ2) is 6.56. The number of aliphatic carboxylic acids is 1. The highest BCUT2D eigenvalue weighted by molar-refractivity contribution is 5.86. The fraction of sp³-hybridized carbons (Fsp3) is 0.111. The molecule has 0 saturated carbocycles. The molecule has 0 radical (unpaired) electrons. The van der Waals surface area contributed by atoms with Crippen molar-refractivity contribution in [3.63, 3.8) is 0 Å². The van der Waals surface area contributed by atoms with E-state index in [9.17, 15) is 19.7 Å². The number of nitro benzene ring substituents is 1. The summed E-state index contributed by atoms with van der Waals surface area (Å²) in [4.78, 5) is 33.7. The summed E-state index contributed by atoms with van der Waals surface area (Å²) in [7, 11) is 0. The van der Waals surface area contributed by atoms with Crippen LogP contribution in [0, 0.1) is 10.1 Å². The van der Waals surface area contributed by atoms with Crippen LogP contribution in [0.4, 0.5) is 5.69 Å². The molecular weight excluding hydrogens is 324 g/mol. The Kier molecular flexibility index (Phi) is 4.30. The van der Waals surface area contributed by atoms with Crippen molar-refractivity contribution in [2.75, 3.05) is 0 Å². The zero-order valence-corrected chi connectivity index (χ0v) is 13.1. The predicted molar refractivity (Wildman–Crippen MR) is 91.7 cm³/mol. The summed E-state index contributed by atoms with van der Waals surface area (Å²) in [6.07, 6.45) is -0.228. The summed E-state index contributed by atoms with van der Waals surface area (Å²) in [6, 6.07) is 14.4. The first-order valence-electron chi connectivity index (χ1n) is 7.52. The number of fused-ring (bicyclic) bond motifs is 1. The molecule has 7 nitrogen and oxygen atoms in total. The van der Waals surface area contributed by atoms with E-state index in [-0.39, 0.29) is 24.2 Å². The van der Waals surface area contributed by atoms with Gasteiger partial charge in [0.25, 0.3) is 11.2 Å². The van der Waals surface area contributed by atoms with E-state index in [0.29, 0.717) is 16.5 Å². The van der Waals surface area contributed by atoms with Gasteiger partial charge >= 0.3 is 5.97 Å². The number of aromatic nitrogens is 1. The van der Waals surface area contributed by atoms with E-state index in [1.807, 2.05) is 0 Å². The Morgan fingerprint density at radius 3 is 2.44 bits per heavy atom. The smallest absolute Gasteiger partial charge is 0.307 e. The van der Waals surface area contributed by atoms with Crippen LogP contribution < -0.4 is 5.56 Å². The quantitative estimate of drug-likeness (QED) is 0.569. The third-order valence-electron chi connectivity index (χ3n) is 3.93. The number of rotatable bonds is 5. The van der Waals surface area contributed by atoms with Crippen LogP contribution in [-0.2, 0) is 17.8 Å². The Morgan fingerprint density at radius 1 is 1.12 bits per heavy atom. The number of pyridine rings is 1. The van der Waals surface area contributed by atoms with Crippen LogP contribution in [0.15, 0.2) is 59.4 Å². The molecule has 1 N–H and O–H groups in total. The van der Waals surface area contributed by atoms with Crippen molar-refractivity contribution >= 4 is 22.6 Å². The molecule has 3 aromatic rings. The molecule has 3 rings (SSSR count). The minimum Gasteiger partial charge on any atom is -0.481 e. The number of nitro groups is 1. The molecule has 0 aliphatic rings. The number of hydrogen-bond donors (Lipinski definition) is 1. The molecule has 0 unspecified atom stereocenters. The number of non-ortho nitro benzene ring substituents is 1. The second-order valence-corrected chi connectivity index (χ2v) is 5.61. The number of carbonyl (C=O) groups is 1. The Labute approximate surface area is 141 Å². The average molecular weight is 338 g/mol. The molecular formula is C18H14N2O5. The molecule has 0 aliphatic heterocycles. The Morgan fingerprint density at radius 2 is 1.80 bits per heavy atom. The molecule has 0 fully saturated rings. The third-order valence-corrected chi connectivity index (χ3v) is 3.93. The number of hydrogen-bond acceptors (Lipinski definition) is 4. The molecule has 2 aromatic carbocycles. The van der Waals surface area contributed by atoms with Gasteiger partial charge in [-0.3, -0.25) is 19.7 Å². The molecule has 0 amide bonds. The van der Waals surface area contributed by atoms with Gasteiger partial charge in [-0.25, -0.2) is 0 Å². The standard InChI is InChI=1S/C18H14N2O5/c21-17-9-13(10-18(22)23)15-3-1-2-4-16(15)19(17)11-12-5-7-14(8-6-12)20(24)25/h1-9H,10-11H2,(H,22,23). The predicted octanol–water partition coefficient (Wildman–Crippen LogP) is 2.59. The van der Waals surface area contributed by atoms with E-state index in [2.05, 4.69) is 0 Å². The van der Waals surface area contributed by atoms with Crippen LogP contribution in [0.5, 0.6) is 0 Å². The van der Waals surface area contributed by atoms with Crippen molar-refractivity contribution in [3.05, 3.63) is 86.2 Å². The Balaban J connectivity index is 2.07. The van der Waals surface area contributed by atoms with Gasteiger partial charge in [0.05, 0.1) is 23.4 Å². The van der Waals surface area contributed by atoms with E-state index in [1.165, 1.54) is 22.8 Å². The first-order valence-corrected chi connectivity index (χ1v) is 7.52. The van der Waals surface area contributed by atoms with Gasteiger partial charge in [0.15, 0.2) is 0 Å². The Hall–Kier alpha value is -3.48. The normalized spacial score (nSPS) is 10.7. The monoisotopic (exact) mass is 338 g/mol. The molecule has 0 bridgehead atoms. The SMILES string of the molecule is O=C(O)Cc1cc(=O)n(Cc2ccc([N+](=O)[O-])cc2)c2ccccc12. The molecule has 1 aromatic heterocycles. The van der Waals surface area contributed by atoms with E-state index in [0.717, 1.165) is 5.56 Å². The molecule has 1 heterocycles. The van der Waals surface area contributed by atoms with Crippen LogP contribution in [-0.4, -0.2) is 20.6 Å². The third kappa shape index (κ3) is 3.40. The zero-order valence-electron chi connectivity index (χ0n) is 13.1. The molecule has 126 valence electrons. The minimum absolute atomic E-state index is 0.0160. The van der Waals surface area contributed by atoms with E-state index in [4.69, 9.17) is 5.11 Å². The lowest BCUT2D eigenvalue weighted by molar-refractivity contribution is -0.384. The minimum atomic E-state index is -1.00. The summed E-state index contributed by atoms with van der Waals surface area (Å²) < 4.78 is 1.53. The first kappa shape index (κ1) is 16.4. The lowest BCUT2D eigenvalue weighted by Crippen LogP contribution is -2.22. The number of carboxylic acids is 1. The highest BCUT2D eigenvalue weighted by Crippen LogP contribution is 2.19. The highest BCUT2D eigenvalue weighted by Gasteiger charge is 2.12. The van der Waals surface area contributed by atoms with Gasteiger partial charge in [0, 0.05) is 23.6 Å². The maximum Gasteiger partial charge on any atom is 0.307 e. The highest BCUT2D eigenvalue weighted by atomic mass is 16.6. The van der Waals surface area contributed by atoms with Crippen molar-refractivity contribution in [3.8, 4) is 0 Å². The summed E-state index contributed by atoms with van der Waals surface area (Å²) in [5.41, 5.74) is 1.51. The maximum atomic E-state index is 12.5. The van der Waals surface area contributed by atoms with Gasteiger partial charge in [-0.1, -0.05) is 30.3 Å². The number of benzene rings is 2. The fourth-order valence-electron chi connectivity index (χ4n) is 2.78. The first-order chi connectivity index (χ1) is 12.0. The van der Waals surface area contributed by atoms with Crippen LogP contribution in [0.1, 0.15) is 11.1 Å². The number of nitrogens with zero attached hydrogens (tertiary/aromatic N) is 2. The molecule has 0 aliphatic carbocycles. The summed E-state index contributed by atoms with van der Waals surface area (Å²) in [5.74, 6) is -1.00. The second-order valence-electron chi connectivity index (χ2n) is 5.61. The summed E-state index contributed by atoms with van der Waals surface area (Å²) in [5, 5.41) is 20.5. The topological polar surface area (TPSA) is 102 Å². The van der Waals surface area contributed by atoms with Gasteiger partial charge in [-0.15, -0.1) is 0 Å². The van der Waals surface area contributed by atoms with Crippen molar-refractivity contribution in [1.82, 2.24) is 4.57 Å². The van der Waals surface area contributed by atoms with Crippen LogP contribution in [0.25, 0.3) is 10.9 Å². The lowest BCUT2D eigenvalue weighted by atomic mass is 10.1. The number of carboxylic acid groups (broad SMARTS) is 1. The van der Waals surface area contributed by atoms with Crippen molar-refractivity contribution < 1.29 is 14.8 Å². The summed E-state index contributed by atoms with van der Waals surface area (Å²) in [6.45, 7) is 0.241. The maximum absolute atomic E-state index is 12.5. The van der Waals surface area contributed by atoms with E-state index < -0.39 is 10.9 Å². The van der Waals surface area contributed by atoms with Crippen molar-refractivity contribution in [2.24, 2.45) is 0 Å². The average Bonchev–Trinajstić information content (AvgIpc) is 2.58. The lowest BCUT2D eigenvalue weighted by Gasteiger charge is -2.13. The van der Waals surface area contributed by atoms with Crippen LogP contribution in [0.2, 0.25) is 0 Å². The van der Waals surface area contributed by atoms with Crippen LogP contribution >= 0.6 is 0 Å². The molecule has 7 heteroatoms. The zero-order chi connectivity index (χ0) is 18.0. The summed E-state index contributed by atoms with van der Waals surface area (Å²) >= 11 is 0. The van der Waals surface area contributed by atoms with E-state index >= 15 is 0 Å². The van der Waals surface area contributed by atoms with E-state index in [1.54, 1.807) is 36.4 Å². The van der Waals surface area contributed by atoms with Gasteiger partial charge in [-0.2, -0.15) is 0 Å². The number of para-hydroxylation sites is 1. The van der Waals surface area contributed by atoms with Gasteiger partial charge in [0.1, 0.15) is 0 Å². The largest absolute Gasteiger partial charge is 0.481 e. The van der Waals surface area contributed by atoms with Crippen LogP contribution in [0.3, 0.4) is 0 Å². The van der Waals surface area contributed by atoms with Gasteiger partial charge < -0.3 is 9.67 Å². The molecule has 0 atom stereocenters. The molecule has 25 heavy (non-hydrogen) atoms. The van der Waals surface area contributed by atoms with Crippen molar-refractivity contribution in [2.45, 2.75) is 13.0 Å². The van der Waals surface area contributed by atoms with Gasteiger partial charge in [-0.05, 0) is 17.2 Å². The van der Waals surface area contributed by atoms with Crippen molar-refractivity contribution in [1.29, 1.82) is 0 Å².